The molecule has 0 bridgehead atoms. The smallest absolute Gasteiger partial charge is 0.410 e. The predicted molar refractivity (Wildman–Crippen MR) is 87.7 cm³/mol. The molecule has 1 amide bonds. The predicted octanol–water partition coefficient (Wildman–Crippen LogP) is 3.55. The number of likely N-dealkylation sites (tertiary alicyclic amines) is 1. The van der Waals surface area contributed by atoms with Gasteiger partial charge < -0.3 is 14.4 Å². The lowest BCUT2D eigenvalue weighted by atomic mass is 9.95. The van der Waals surface area contributed by atoms with Crippen molar-refractivity contribution in [2.24, 2.45) is 5.92 Å². The minimum absolute atomic E-state index is 0.231. The van der Waals surface area contributed by atoms with E-state index in [4.69, 9.17) is 21.1 Å². The molecule has 0 aliphatic carbocycles. The minimum atomic E-state index is -0.459. The van der Waals surface area contributed by atoms with Crippen molar-refractivity contribution in [1.29, 1.82) is 0 Å². The van der Waals surface area contributed by atoms with Gasteiger partial charge in [0.05, 0.1) is 6.61 Å². The first-order chi connectivity index (χ1) is 10.8. The van der Waals surface area contributed by atoms with Crippen molar-refractivity contribution < 1.29 is 14.3 Å². The zero-order valence-electron chi connectivity index (χ0n) is 13.9. The first kappa shape index (κ1) is 17.8. The summed E-state index contributed by atoms with van der Waals surface area (Å²) in [5.74, 6) is 0.887. The number of ether oxygens (including phenoxy) is 2. The van der Waals surface area contributed by atoms with Gasteiger partial charge in [-0.2, -0.15) is 0 Å². The zero-order valence-corrected chi connectivity index (χ0v) is 14.7. The second kappa shape index (κ2) is 7.81. The van der Waals surface area contributed by atoms with Gasteiger partial charge in [-0.25, -0.2) is 14.8 Å². The highest BCUT2D eigenvalue weighted by atomic mass is 35.5. The Morgan fingerprint density at radius 3 is 2.91 bits per heavy atom. The number of aromatic nitrogens is 2. The normalized spacial score (nSPS) is 18.6. The van der Waals surface area contributed by atoms with E-state index in [1.807, 2.05) is 20.8 Å². The molecule has 1 fully saturated rings. The highest BCUT2D eigenvalue weighted by Crippen LogP contribution is 2.22. The monoisotopic (exact) mass is 341 g/mol. The summed E-state index contributed by atoms with van der Waals surface area (Å²) in [6, 6.07) is 1.59. The molecule has 23 heavy (non-hydrogen) atoms. The van der Waals surface area contributed by atoms with Crippen LogP contribution in [0.25, 0.3) is 0 Å². The third-order valence-corrected chi connectivity index (χ3v) is 3.76. The maximum Gasteiger partial charge on any atom is 0.410 e. The SMILES string of the molecule is CC(C)(C)OC(=O)N1CCCC(CCOc2cc(Cl)ncn2)C1. The molecule has 1 aromatic rings. The third-order valence-electron chi connectivity index (χ3n) is 3.56. The fourth-order valence-electron chi connectivity index (χ4n) is 2.52. The fraction of sp³-hybridized carbons (Fsp3) is 0.688. The van der Waals surface area contributed by atoms with Crippen LogP contribution >= 0.6 is 11.6 Å². The Balaban J connectivity index is 1.76. The molecule has 2 rings (SSSR count). The van der Waals surface area contributed by atoms with Gasteiger partial charge in [0, 0.05) is 19.2 Å². The summed E-state index contributed by atoms with van der Waals surface area (Å²) in [4.78, 5) is 21.7. The van der Waals surface area contributed by atoms with E-state index in [2.05, 4.69) is 9.97 Å². The van der Waals surface area contributed by atoms with Crippen LogP contribution in [0.5, 0.6) is 5.88 Å². The van der Waals surface area contributed by atoms with Gasteiger partial charge in [-0.05, 0) is 46.0 Å². The Morgan fingerprint density at radius 2 is 2.22 bits per heavy atom. The van der Waals surface area contributed by atoms with Crippen molar-refractivity contribution in [2.45, 2.75) is 45.6 Å². The number of amides is 1. The molecule has 6 nitrogen and oxygen atoms in total. The van der Waals surface area contributed by atoms with E-state index in [1.165, 1.54) is 6.33 Å². The van der Waals surface area contributed by atoms with E-state index < -0.39 is 5.60 Å². The van der Waals surface area contributed by atoms with Gasteiger partial charge in [-0.1, -0.05) is 11.6 Å². The van der Waals surface area contributed by atoms with Gasteiger partial charge in [0.2, 0.25) is 5.88 Å². The molecule has 1 aliphatic heterocycles. The Hall–Kier alpha value is -1.56. The fourth-order valence-corrected chi connectivity index (χ4v) is 2.66. The lowest BCUT2D eigenvalue weighted by molar-refractivity contribution is 0.0154. The number of carbonyl (C=O) groups excluding carboxylic acids is 1. The number of rotatable bonds is 4. The summed E-state index contributed by atoms with van der Waals surface area (Å²) in [5.41, 5.74) is -0.459. The van der Waals surface area contributed by atoms with Crippen LogP contribution < -0.4 is 4.74 Å². The van der Waals surface area contributed by atoms with Crippen LogP contribution in [0.3, 0.4) is 0 Å². The molecule has 0 aromatic carbocycles. The average Bonchev–Trinajstić information content (AvgIpc) is 2.46. The molecule has 0 spiro atoms. The highest BCUT2D eigenvalue weighted by molar-refractivity contribution is 6.29. The van der Waals surface area contributed by atoms with Crippen LogP contribution in [-0.4, -0.2) is 46.3 Å². The van der Waals surface area contributed by atoms with E-state index in [1.54, 1.807) is 11.0 Å². The lowest BCUT2D eigenvalue weighted by Crippen LogP contribution is -2.43. The summed E-state index contributed by atoms with van der Waals surface area (Å²) in [6.45, 7) is 7.66. The van der Waals surface area contributed by atoms with Gasteiger partial charge in [-0.15, -0.1) is 0 Å². The highest BCUT2D eigenvalue weighted by Gasteiger charge is 2.27. The van der Waals surface area contributed by atoms with Crippen LogP contribution in [0.1, 0.15) is 40.0 Å². The van der Waals surface area contributed by atoms with Gasteiger partial charge in [0.25, 0.3) is 0 Å². The molecule has 1 aliphatic rings. The Bertz CT molecular complexity index is 534. The second-order valence-electron chi connectivity index (χ2n) is 6.75. The average molecular weight is 342 g/mol. The summed E-state index contributed by atoms with van der Waals surface area (Å²) in [7, 11) is 0. The minimum Gasteiger partial charge on any atom is -0.478 e. The number of piperidine rings is 1. The second-order valence-corrected chi connectivity index (χ2v) is 7.14. The molecule has 1 aromatic heterocycles. The van der Waals surface area contributed by atoms with Crippen LogP contribution in [-0.2, 0) is 4.74 Å². The quantitative estimate of drug-likeness (QED) is 0.784. The van der Waals surface area contributed by atoms with Crippen LogP contribution in [0.4, 0.5) is 4.79 Å². The molecule has 7 heteroatoms. The Kier molecular flexibility index (Phi) is 6.04. The van der Waals surface area contributed by atoms with Crippen molar-refractivity contribution >= 4 is 17.7 Å². The maximum absolute atomic E-state index is 12.1. The van der Waals surface area contributed by atoms with Crippen molar-refractivity contribution in [3.8, 4) is 5.88 Å². The first-order valence-electron chi connectivity index (χ1n) is 7.92. The number of hydrogen-bond acceptors (Lipinski definition) is 5. The number of hydrogen-bond donors (Lipinski definition) is 0. The molecule has 1 unspecified atom stereocenters. The number of halogens is 1. The van der Waals surface area contributed by atoms with E-state index in [-0.39, 0.29) is 6.09 Å². The third kappa shape index (κ3) is 6.22. The van der Waals surface area contributed by atoms with Crippen LogP contribution in [0, 0.1) is 5.92 Å². The number of carbonyl (C=O) groups is 1. The zero-order chi connectivity index (χ0) is 16.9. The van der Waals surface area contributed by atoms with E-state index in [0.717, 1.165) is 25.8 Å². The Labute approximate surface area is 142 Å². The van der Waals surface area contributed by atoms with Gasteiger partial charge in [-0.3, -0.25) is 0 Å². The molecule has 0 N–H and O–H groups in total. The van der Waals surface area contributed by atoms with Crippen LogP contribution in [0.15, 0.2) is 12.4 Å². The number of nitrogens with zero attached hydrogens (tertiary/aromatic N) is 3. The molecule has 1 atom stereocenters. The topological polar surface area (TPSA) is 64.5 Å². The first-order valence-corrected chi connectivity index (χ1v) is 8.29. The molecule has 128 valence electrons. The van der Waals surface area contributed by atoms with Crippen molar-refractivity contribution in [1.82, 2.24) is 14.9 Å². The van der Waals surface area contributed by atoms with E-state index in [0.29, 0.717) is 30.1 Å². The van der Waals surface area contributed by atoms with E-state index in [9.17, 15) is 4.79 Å². The van der Waals surface area contributed by atoms with Crippen LogP contribution in [0.2, 0.25) is 5.15 Å². The molecular formula is C16H24ClN3O3. The standard InChI is InChI=1S/C16H24ClN3O3/c1-16(2,3)23-15(21)20-7-4-5-12(10-20)6-8-22-14-9-13(17)18-11-19-14/h9,11-12H,4-8,10H2,1-3H3. The summed E-state index contributed by atoms with van der Waals surface area (Å²) >= 11 is 5.79. The molecule has 0 radical (unpaired) electrons. The van der Waals surface area contributed by atoms with Crippen molar-refractivity contribution in [2.75, 3.05) is 19.7 Å². The van der Waals surface area contributed by atoms with Gasteiger partial charge in [0.1, 0.15) is 17.1 Å². The molecule has 2 heterocycles. The maximum atomic E-state index is 12.1. The molecule has 1 saturated heterocycles. The van der Waals surface area contributed by atoms with Gasteiger partial charge in [0.15, 0.2) is 0 Å². The summed E-state index contributed by atoms with van der Waals surface area (Å²) < 4.78 is 11.0. The van der Waals surface area contributed by atoms with Crippen molar-refractivity contribution in [3.63, 3.8) is 0 Å². The Morgan fingerprint density at radius 1 is 1.43 bits per heavy atom. The molecular weight excluding hydrogens is 318 g/mol. The van der Waals surface area contributed by atoms with Crippen molar-refractivity contribution in [3.05, 3.63) is 17.5 Å². The largest absolute Gasteiger partial charge is 0.478 e. The lowest BCUT2D eigenvalue weighted by Gasteiger charge is -2.34. The summed E-state index contributed by atoms with van der Waals surface area (Å²) in [5, 5.41) is 0.365. The van der Waals surface area contributed by atoms with Gasteiger partial charge >= 0.3 is 6.09 Å². The summed E-state index contributed by atoms with van der Waals surface area (Å²) in [6.07, 6.45) is 4.09. The molecule has 0 saturated carbocycles. The van der Waals surface area contributed by atoms with E-state index >= 15 is 0 Å².